The van der Waals surface area contributed by atoms with Crippen LogP contribution < -0.4 is 9.47 Å². The molecule has 1 aromatic rings. The van der Waals surface area contributed by atoms with Crippen molar-refractivity contribution in [3.05, 3.63) is 28.3 Å². The fourth-order valence-corrected chi connectivity index (χ4v) is 1.79. The molecule has 1 aromatic carbocycles. The predicted octanol–water partition coefficient (Wildman–Crippen LogP) is 1.26. The molecule has 0 heterocycles. The second-order valence-electron chi connectivity index (χ2n) is 3.58. The van der Waals surface area contributed by atoms with Crippen molar-refractivity contribution in [1.29, 1.82) is 0 Å². The maximum atomic E-state index is 10.8. The fraction of sp³-hybridized carbons (Fsp3) is 0.400. The highest BCUT2D eigenvalue weighted by molar-refractivity contribution is 7.85. The monoisotopic (exact) mass is 291 g/mol. The smallest absolute Gasteiger partial charge is 0.314 e. The van der Waals surface area contributed by atoms with Crippen molar-refractivity contribution in [1.82, 2.24) is 0 Å². The molecule has 1 rings (SSSR count). The molecular formula is C10H13NO7S. The molecule has 0 aliphatic rings. The first-order valence-electron chi connectivity index (χ1n) is 5.24. The van der Waals surface area contributed by atoms with Gasteiger partial charge in [0, 0.05) is 0 Å². The first-order chi connectivity index (χ1) is 8.83. The van der Waals surface area contributed by atoms with E-state index in [0.29, 0.717) is 5.75 Å². The lowest BCUT2D eigenvalue weighted by Crippen LogP contribution is -2.09. The van der Waals surface area contributed by atoms with E-state index in [1.54, 1.807) is 0 Å². The van der Waals surface area contributed by atoms with E-state index in [2.05, 4.69) is 0 Å². The van der Waals surface area contributed by atoms with Gasteiger partial charge in [0.1, 0.15) is 5.75 Å². The molecule has 9 heteroatoms. The molecular weight excluding hydrogens is 278 g/mol. The van der Waals surface area contributed by atoms with E-state index in [1.807, 2.05) is 0 Å². The number of ether oxygens (including phenoxy) is 2. The number of nitro benzene ring substituents is 1. The molecule has 0 fully saturated rings. The molecule has 0 aromatic heterocycles. The van der Waals surface area contributed by atoms with E-state index >= 15 is 0 Å². The Kier molecular flexibility index (Phi) is 5.07. The van der Waals surface area contributed by atoms with E-state index in [1.165, 1.54) is 25.3 Å². The topological polar surface area (TPSA) is 116 Å². The van der Waals surface area contributed by atoms with E-state index < -0.39 is 20.8 Å². The van der Waals surface area contributed by atoms with Gasteiger partial charge in [0.05, 0.1) is 30.5 Å². The third kappa shape index (κ3) is 5.10. The summed E-state index contributed by atoms with van der Waals surface area (Å²) < 4.78 is 39.4. The van der Waals surface area contributed by atoms with Crippen molar-refractivity contribution in [3.8, 4) is 11.5 Å². The van der Waals surface area contributed by atoms with Gasteiger partial charge in [0.15, 0.2) is 5.75 Å². The van der Waals surface area contributed by atoms with E-state index in [4.69, 9.17) is 14.0 Å². The highest BCUT2D eigenvalue weighted by atomic mass is 32.2. The molecule has 0 saturated heterocycles. The quantitative estimate of drug-likeness (QED) is 0.348. The van der Waals surface area contributed by atoms with Gasteiger partial charge in [-0.3, -0.25) is 14.7 Å². The van der Waals surface area contributed by atoms with Gasteiger partial charge in [0.2, 0.25) is 0 Å². The van der Waals surface area contributed by atoms with Gasteiger partial charge in [0.25, 0.3) is 10.1 Å². The van der Waals surface area contributed by atoms with Gasteiger partial charge >= 0.3 is 5.69 Å². The maximum absolute atomic E-state index is 10.8. The lowest BCUT2D eigenvalue weighted by atomic mass is 10.3. The summed E-state index contributed by atoms with van der Waals surface area (Å²) in [6.45, 7) is -0.0625. The van der Waals surface area contributed by atoms with Crippen LogP contribution in [0.25, 0.3) is 0 Å². The van der Waals surface area contributed by atoms with Gasteiger partial charge in [-0.2, -0.15) is 8.42 Å². The first kappa shape index (κ1) is 15.2. The third-order valence-corrected chi connectivity index (χ3v) is 2.97. The van der Waals surface area contributed by atoms with Crippen LogP contribution in [-0.4, -0.2) is 37.4 Å². The summed E-state index contributed by atoms with van der Waals surface area (Å²) in [6.07, 6.45) is 0.0298. The van der Waals surface area contributed by atoms with Gasteiger partial charge in [-0.1, -0.05) is 0 Å². The van der Waals surface area contributed by atoms with Gasteiger partial charge in [-0.25, -0.2) is 0 Å². The average molecular weight is 291 g/mol. The zero-order chi connectivity index (χ0) is 14.5. The van der Waals surface area contributed by atoms with Crippen LogP contribution in [0.4, 0.5) is 5.69 Å². The first-order valence-corrected chi connectivity index (χ1v) is 6.85. The summed E-state index contributed by atoms with van der Waals surface area (Å²) in [4.78, 5) is 10.2. The molecule has 1 N–H and O–H groups in total. The van der Waals surface area contributed by atoms with E-state index in [-0.39, 0.29) is 24.5 Å². The highest BCUT2D eigenvalue weighted by Crippen LogP contribution is 2.30. The molecule has 19 heavy (non-hydrogen) atoms. The Hall–Kier alpha value is -1.87. The number of methoxy groups -OCH3 is 1. The number of benzene rings is 1. The van der Waals surface area contributed by atoms with Crippen LogP contribution in [0.1, 0.15) is 6.42 Å². The molecule has 0 bridgehead atoms. The molecule has 0 atom stereocenters. The SMILES string of the molecule is COc1ccc(OCCCS(=O)(=O)O)c([N+](=O)[O-])c1. The summed E-state index contributed by atoms with van der Waals surface area (Å²) in [6, 6.07) is 4.06. The van der Waals surface area contributed by atoms with Gasteiger partial charge in [-0.15, -0.1) is 0 Å². The Bertz CT molecular complexity index is 555. The van der Waals surface area contributed by atoms with E-state index in [9.17, 15) is 18.5 Å². The Labute approximate surface area is 109 Å². The van der Waals surface area contributed by atoms with Crippen molar-refractivity contribution in [2.45, 2.75) is 6.42 Å². The largest absolute Gasteiger partial charge is 0.496 e. The summed E-state index contributed by atoms with van der Waals surface area (Å²) in [5.74, 6) is -0.130. The molecule has 0 aliphatic heterocycles. The van der Waals surface area contributed by atoms with Gasteiger partial charge in [-0.05, 0) is 18.6 Å². The molecule has 106 valence electrons. The second kappa shape index (κ2) is 6.34. The Morgan fingerprint density at radius 2 is 2.11 bits per heavy atom. The minimum Gasteiger partial charge on any atom is -0.496 e. The maximum Gasteiger partial charge on any atom is 0.314 e. The van der Waals surface area contributed by atoms with Crippen LogP contribution in [0.15, 0.2) is 18.2 Å². The lowest BCUT2D eigenvalue weighted by Gasteiger charge is -2.07. The standard InChI is InChI=1S/C10H13NO7S/c1-17-8-3-4-10(9(7-8)11(12)13)18-5-2-6-19(14,15)16/h3-4,7H,2,5-6H2,1H3,(H,14,15,16). The van der Waals surface area contributed by atoms with Crippen LogP contribution in [0.3, 0.4) is 0 Å². The number of hydrogen-bond acceptors (Lipinski definition) is 6. The number of nitro groups is 1. The second-order valence-corrected chi connectivity index (χ2v) is 5.15. The Morgan fingerprint density at radius 3 is 2.63 bits per heavy atom. The zero-order valence-corrected chi connectivity index (χ0v) is 10.9. The van der Waals surface area contributed by atoms with Crippen LogP contribution >= 0.6 is 0 Å². The molecule has 0 spiro atoms. The molecule has 8 nitrogen and oxygen atoms in total. The van der Waals surface area contributed by atoms with Crippen LogP contribution in [0.5, 0.6) is 11.5 Å². The normalized spacial score (nSPS) is 11.1. The molecule has 0 radical (unpaired) electrons. The minimum absolute atomic E-state index is 0.0149. The van der Waals surface area contributed by atoms with Crippen molar-refractivity contribution < 1.29 is 27.4 Å². The van der Waals surface area contributed by atoms with Crippen molar-refractivity contribution in [2.75, 3.05) is 19.5 Å². The Balaban J connectivity index is 2.70. The van der Waals surface area contributed by atoms with Crippen molar-refractivity contribution >= 4 is 15.8 Å². The highest BCUT2D eigenvalue weighted by Gasteiger charge is 2.16. The summed E-state index contributed by atoms with van der Waals surface area (Å²) in [7, 11) is -2.67. The Morgan fingerprint density at radius 1 is 1.42 bits per heavy atom. The molecule has 0 aliphatic carbocycles. The van der Waals surface area contributed by atoms with E-state index in [0.717, 1.165) is 0 Å². The van der Waals surface area contributed by atoms with Crippen LogP contribution in [0.2, 0.25) is 0 Å². The van der Waals surface area contributed by atoms with Crippen LogP contribution in [-0.2, 0) is 10.1 Å². The predicted molar refractivity (Wildman–Crippen MR) is 66.2 cm³/mol. The third-order valence-electron chi connectivity index (χ3n) is 2.17. The summed E-state index contributed by atoms with van der Waals surface area (Å²) >= 11 is 0. The summed E-state index contributed by atoms with van der Waals surface area (Å²) in [5.41, 5.74) is -0.272. The minimum atomic E-state index is -4.05. The zero-order valence-electron chi connectivity index (χ0n) is 10.1. The number of rotatable bonds is 7. The molecule has 0 amide bonds. The van der Waals surface area contributed by atoms with Crippen molar-refractivity contribution in [3.63, 3.8) is 0 Å². The average Bonchev–Trinajstić information content (AvgIpc) is 2.33. The summed E-state index contributed by atoms with van der Waals surface area (Å²) in [5, 5.41) is 10.8. The van der Waals surface area contributed by atoms with Crippen molar-refractivity contribution in [2.24, 2.45) is 0 Å². The molecule has 0 unspecified atom stereocenters. The lowest BCUT2D eigenvalue weighted by molar-refractivity contribution is -0.385. The fourth-order valence-electron chi connectivity index (χ4n) is 1.31. The van der Waals surface area contributed by atoms with Crippen LogP contribution in [0, 0.1) is 10.1 Å². The molecule has 0 saturated carbocycles. The number of hydrogen-bond donors (Lipinski definition) is 1. The number of nitrogens with zero attached hydrogens (tertiary/aromatic N) is 1. The van der Waals surface area contributed by atoms with Gasteiger partial charge < -0.3 is 9.47 Å².